The first-order valence-electron chi connectivity index (χ1n) is 6.38. The molecular weight excluding hydrogens is 228 g/mol. The molecule has 0 N–H and O–H groups in total. The molecule has 0 aliphatic rings. The highest BCUT2D eigenvalue weighted by molar-refractivity contribution is 5.69. The zero-order valence-corrected chi connectivity index (χ0v) is 11.7. The standard InChI is InChI=1S/C15H22O3/c1-5-18-14-10-11(2)13(9-12(14)3)7-6-8-15(16)17-4/h9-10H,5-8H2,1-4H3. The molecule has 0 spiro atoms. The van der Waals surface area contributed by atoms with E-state index in [1.807, 2.05) is 13.8 Å². The third-order valence-corrected chi connectivity index (χ3v) is 2.99. The summed E-state index contributed by atoms with van der Waals surface area (Å²) in [5.41, 5.74) is 3.64. The zero-order chi connectivity index (χ0) is 13.5. The van der Waals surface area contributed by atoms with Crippen LogP contribution in [-0.2, 0) is 16.0 Å². The Balaban J connectivity index is 2.66. The Labute approximate surface area is 109 Å². The first-order chi connectivity index (χ1) is 8.58. The smallest absolute Gasteiger partial charge is 0.305 e. The van der Waals surface area contributed by atoms with Crippen LogP contribution in [0.3, 0.4) is 0 Å². The summed E-state index contributed by atoms with van der Waals surface area (Å²) in [6.07, 6.45) is 2.19. The van der Waals surface area contributed by atoms with Gasteiger partial charge in [0.25, 0.3) is 0 Å². The third kappa shape index (κ3) is 4.06. The summed E-state index contributed by atoms with van der Waals surface area (Å²) in [4.78, 5) is 11.1. The van der Waals surface area contributed by atoms with Crippen LogP contribution in [0.2, 0.25) is 0 Å². The van der Waals surface area contributed by atoms with E-state index in [1.54, 1.807) is 0 Å². The van der Waals surface area contributed by atoms with E-state index in [0.717, 1.165) is 24.2 Å². The predicted molar refractivity (Wildman–Crippen MR) is 72.0 cm³/mol. The fourth-order valence-electron chi connectivity index (χ4n) is 1.96. The Bertz CT molecular complexity index is 410. The van der Waals surface area contributed by atoms with Gasteiger partial charge in [-0.25, -0.2) is 0 Å². The summed E-state index contributed by atoms with van der Waals surface area (Å²) in [5, 5.41) is 0. The molecule has 0 aromatic heterocycles. The molecule has 0 bridgehead atoms. The van der Waals surface area contributed by atoms with Crippen molar-refractivity contribution in [3.8, 4) is 5.75 Å². The minimum absolute atomic E-state index is 0.143. The van der Waals surface area contributed by atoms with Crippen molar-refractivity contribution < 1.29 is 14.3 Å². The van der Waals surface area contributed by atoms with Gasteiger partial charge in [-0.05, 0) is 56.4 Å². The van der Waals surface area contributed by atoms with Gasteiger partial charge in [0.05, 0.1) is 13.7 Å². The molecule has 0 atom stereocenters. The van der Waals surface area contributed by atoms with E-state index in [1.165, 1.54) is 18.2 Å². The second kappa shape index (κ2) is 7.04. The summed E-state index contributed by atoms with van der Waals surface area (Å²) in [7, 11) is 1.43. The summed E-state index contributed by atoms with van der Waals surface area (Å²) < 4.78 is 10.2. The Kier molecular flexibility index (Phi) is 5.69. The molecule has 1 rings (SSSR count). The van der Waals surface area contributed by atoms with Gasteiger partial charge in [-0.3, -0.25) is 4.79 Å². The lowest BCUT2D eigenvalue weighted by Crippen LogP contribution is -2.02. The number of carbonyl (C=O) groups is 1. The molecule has 3 heteroatoms. The number of benzene rings is 1. The SMILES string of the molecule is CCOc1cc(C)c(CCCC(=O)OC)cc1C. The highest BCUT2D eigenvalue weighted by Crippen LogP contribution is 2.24. The maximum absolute atomic E-state index is 11.1. The fraction of sp³-hybridized carbons (Fsp3) is 0.533. The summed E-state index contributed by atoms with van der Waals surface area (Å²) in [5.74, 6) is 0.807. The van der Waals surface area contributed by atoms with Gasteiger partial charge in [0.1, 0.15) is 5.75 Å². The number of carbonyl (C=O) groups excluding carboxylic acids is 1. The molecule has 100 valence electrons. The fourth-order valence-corrected chi connectivity index (χ4v) is 1.96. The predicted octanol–water partition coefficient (Wildman–Crippen LogP) is 3.20. The molecule has 0 saturated heterocycles. The van der Waals surface area contributed by atoms with Gasteiger partial charge >= 0.3 is 5.97 Å². The highest BCUT2D eigenvalue weighted by Gasteiger charge is 2.06. The number of rotatable bonds is 6. The van der Waals surface area contributed by atoms with E-state index >= 15 is 0 Å². The Morgan fingerprint density at radius 1 is 1.22 bits per heavy atom. The van der Waals surface area contributed by atoms with Crippen LogP contribution in [-0.4, -0.2) is 19.7 Å². The lowest BCUT2D eigenvalue weighted by molar-refractivity contribution is -0.140. The van der Waals surface area contributed by atoms with Crippen molar-refractivity contribution in [3.63, 3.8) is 0 Å². The van der Waals surface area contributed by atoms with Gasteiger partial charge < -0.3 is 9.47 Å². The summed E-state index contributed by atoms with van der Waals surface area (Å²) >= 11 is 0. The topological polar surface area (TPSA) is 35.5 Å². The monoisotopic (exact) mass is 250 g/mol. The Morgan fingerprint density at radius 3 is 2.56 bits per heavy atom. The van der Waals surface area contributed by atoms with Crippen LogP contribution in [0.25, 0.3) is 0 Å². The van der Waals surface area contributed by atoms with Crippen molar-refractivity contribution in [1.82, 2.24) is 0 Å². The van der Waals surface area contributed by atoms with Gasteiger partial charge in [-0.2, -0.15) is 0 Å². The van der Waals surface area contributed by atoms with Gasteiger partial charge in [0.2, 0.25) is 0 Å². The van der Waals surface area contributed by atoms with Gasteiger partial charge in [-0.1, -0.05) is 6.07 Å². The van der Waals surface area contributed by atoms with E-state index in [0.29, 0.717) is 13.0 Å². The second-order valence-corrected chi connectivity index (χ2v) is 4.41. The van der Waals surface area contributed by atoms with Crippen LogP contribution in [0.4, 0.5) is 0 Å². The van der Waals surface area contributed by atoms with Gasteiger partial charge in [0.15, 0.2) is 0 Å². The van der Waals surface area contributed by atoms with Crippen molar-refractivity contribution >= 4 is 5.97 Å². The second-order valence-electron chi connectivity index (χ2n) is 4.41. The molecule has 0 aliphatic carbocycles. The average molecular weight is 250 g/mol. The molecule has 0 saturated carbocycles. The quantitative estimate of drug-likeness (QED) is 0.727. The van der Waals surface area contributed by atoms with E-state index in [-0.39, 0.29) is 5.97 Å². The molecule has 1 aromatic carbocycles. The number of methoxy groups -OCH3 is 1. The number of hydrogen-bond acceptors (Lipinski definition) is 3. The van der Waals surface area contributed by atoms with E-state index in [9.17, 15) is 4.79 Å². The van der Waals surface area contributed by atoms with Crippen molar-refractivity contribution in [3.05, 3.63) is 28.8 Å². The van der Waals surface area contributed by atoms with Crippen LogP contribution in [0.5, 0.6) is 5.75 Å². The van der Waals surface area contributed by atoms with Gasteiger partial charge in [-0.15, -0.1) is 0 Å². The first kappa shape index (κ1) is 14.6. The lowest BCUT2D eigenvalue weighted by Gasteiger charge is -2.12. The van der Waals surface area contributed by atoms with E-state index in [2.05, 4.69) is 23.8 Å². The first-order valence-corrected chi connectivity index (χ1v) is 6.38. The van der Waals surface area contributed by atoms with Crippen LogP contribution in [0.1, 0.15) is 36.5 Å². The largest absolute Gasteiger partial charge is 0.494 e. The number of aryl methyl sites for hydroxylation is 3. The minimum atomic E-state index is -0.143. The summed E-state index contributed by atoms with van der Waals surface area (Å²) in [6, 6.07) is 4.23. The molecule has 18 heavy (non-hydrogen) atoms. The maximum atomic E-state index is 11.1. The van der Waals surface area contributed by atoms with Gasteiger partial charge in [0, 0.05) is 6.42 Å². The average Bonchev–Trinajstić information content (AvgIpc) is 2.35. The third-order valence-electron chi connectivity index (χ3n) is 2.99. The zero-order valence-electron chi connectivity index (χ0n) is 11.7. The van der Waals surface area contributed by atoms with Crippen LogP contribution < -0.4 is 4.74 Å². The molecule has 3 nitrogen and oxygen atoms in total. The lowest BCUT2D eigenvalue weighted by atomic mass is 10.00. The van der Waals surface area contributed by atoms with Crippen LogP contribution in [0.15, 0.2) is 12.1 Å². The molecule has 0 fully saturated rings. The van der Waals surface area contributed by atoms with Crippen LogP contribution in [0, 0.1) is 13.8 Å². The van der Waals surface area contributed by atoms with Crippen LogP contribution >= 0.6 is 0 Å². The molecule has 0 heterocycles. The Hall–Kier alpha value is -1.51. The molecule has 0 radical (unpaired) electrons. The van der Waals surface area contributed by atoms with Crippen molar-refractivity contribution in [2.75, 3.05) is 13.7 Å². The van der Waals surface area contributed by atoms with Crippen molar-refractivity contribution in [1.29, 1.82) is 0 Å². The molecule has 1 aromatic rings. The van der Waals surface area contributed by atoms with E-state index < -0.39 is 0 Å². The normalized spacial score (nSPS) is 10.2. The molecule has 0 unspecified atom stereocenters. The summed E-state index contributed by atoms with van der Waals surface area (Å²) in [6.45, 7) is 6.80. The van der Waals surface area contributed by atoms with E-state index in [4.69, 9.17) is 4.74 Å². The number of ether oxygens (including phenoxy) is 2. The molecule has 0 amide bonds. The van der Waals surface area contributed by atoms with Crippen molar-refractivity contribution in [2.24, 2.45) is 0 Å². The number of esters is 1. The minimum Gasteiger partial charge on any atom is -0.494 e. The van der Waals surface area contributed by atoms with Crippen molar-refractivity contribution in [2.45, 2.75) is 40.0 Å². The molecule has 0 aliphatic heterocycles. The Morgan fingerprint density at radius 2 is 1.94 bits per heavy atom. The highest BCUT2D eigenvalue weighted by atomic mass is 16.5. The maximum Gasteiger partial charge on any atom is 0.305 e. The number of hydrogen-bond donors (Lipinski definition) is 0. The molecular formula is C15H22O3.